The molecule has 72 valence electrons. The summed E-state index contributed by atoms with van der Waals surface area (Å²) in [5.74, 6) is -0.222. The van der Waals surface area contributed by atoms with E-state index in [-0.39, 0.29) is 10.7 Å². The van der Waals surface area contributed by atoms with Crippen LogP contribution in [0.15, 0.2) is 27.4 Å². The molecule has 0 aliphatic carbocycles. The average Bonchev–Trinajstić information content (AvgIpc) is 2.56. The van der Waals surface area contributed by atoms with Gasteiger partial charge in [-0.1, -0.05) is 11.6 Å². The quantitative estimate of drug-likeness (QED) is 0.803. The highest BCUT2D eigenvalue weighted by Gasteiger charge is 2.11. The summed E-state index contributed by atoms with van der Waals surface area (Å²) in [5.41, 5.74) is 0.380. The second kappa shape index (κ2) is 3.67. The van der Waals surface area contributed by atoms with Gasteiger partial charge in [0, 0.05) is 15.9 Å². The zero-order valence-electron chi connectivity index (χ0n) is 6.67. The maximum absolute atomic E-state index is 12.9. The molecule has 14 heavy (non-hydrogen) atoms. The molecule has 0 aliphatic heterocycles. The van der Waals surface area contributed by atoms with Crippen molar-refractivity contribution in [3.05, 3.63) is 33.8 Å². The van der Waals surface area contributed by atoms with Crippen LogP contribution in [0, 0.1) is 5.82 Å². The Kier molecular flexibility index (Phi) is 2.52. The van der Waals surface area contributed by atoms with Crippen molar-refractivity contribution in [3.8, 4) is 11.5 Å². The van der Waals surface area contributed by atoms with Gasteiger partial charge in [0.2, 0.25) is 5.89 Å². The molecule has 0 aliphatic rings. The standard InChI is InChI=1S/C8H3BrClFN2O/c9-8-13-12-7(14-8)5-3-4(11)1-2-6(5)10/h1-3H. The first-order chi connectivity index (χ1) is 6.66. The monoisotopic (exact) mass is 276 g/mol. The van der Waals surface area contributed by atoms with Gasteiger partial charge in [-0.3, -0.25) is 0 Å². The van der Waals surface area contributed by atoms with Crippen LogP contribution in [0.1, 0.15) is 0 Å². The lowest BCUT2D eigenvalue weighted by Gasteiger charge is -1.97. The molecule has 0 radical (unpaired) electrons. The minimum Gasteiger partial charge on any atom is -0.411 e. The highest BCUT2D eigenvalue weighted by molar-refractivity contribution is 9.10. The van der Waals surface area contributed by atoms with Crippen molar-refractivity contribution in [2.24, 2.45) is 0 Å². The molecule has 3 nitrogen and oxygen atoms in total. The largest absolute Gasteiger partial charge is 0.411 e. The smallest absolute Gasteiger partial charge is 0.285 e. The van der Waals surface area contributed by atoms with Crippen LogP contribution in [0.25, 0.3) is 11.5 Å². The van der Waals surface area contributed by atoms with E-state index in [0.29, 0.717) is 10.6 Å². The van der Waals surface area contributed by atoms with Crippen LogP contribution >= 0.6 is 27.5 Å². The lowest BCUT2D eigenvalue weighted by atomic mass is 10.2. The normalized spacial score (nSPS) is 10.5. The lowest BCUT2D eigenvalue weighted by molar-refractivity contribution is 0.539. The summed E-state index contributed by atoms with van der Waals surface area (Å²) in [4.78, 5) is 0.229. The Morgan fingerprint density at radius 2 is 2.14 bits per heavy atom. The van der Waals surface area contributed by atoms with Crippen LogP contribution < -0.4 is 0 Å². The molecule has 0 spiro atoms. The molecule has 0 amide bonds. The number of halogens is 3. The summed E-state index contributed by atoms with van der Waals surface area (Å²) < 4.78 is 17.9. The van der Waals surface area contributed by atoms with Crippen molar-refractivity contribution in [3.63, 3.8) is 0 Å². The van der Waals surface area contributed by atoms with Crippen LogP contribution in [0.4, 0.5) is 4.39 Å². The van der Waals surface area contributed by atoms with Gasteiger partial charge < -0.3 is 4.42 Å². The third kappa shape index (κ3) is 1.78. The molecule has 2 rings (SSSR count). The van der Waals surface area contributed by atoms with Gasteiger partial charge >= 0.3 is 0 Å². The maximum Gasteiger partial charge on any atom is 0.285 e. The maximum atomic E-state index is 12.9. The van der Waals surface area contributed by atoms with Crippen molar-refractivity contribution in [2.45, 2.75) is 0 Å². The van der Waals surface area contributed by atoms with Gasteiger partial charge in [-0.2, -0.15) is 0 Å². The third-order valence-corrected chi connectivity index (χ3v) is 2.21. The highest BCUT2D eigenvalue weighted by atomic mass is 79.9. The molecule has 0 atom stereocenters. The minimum absolute atomic E-state index is 0.182. The van der Waals surface area contributed by atoms with E-state index in [2.05, 4.69) is 26.1 Å². The number of hydrogen-bond donors (Lipinski definition) is 0. The summed E-state index contributed by atoms with van der Waals surface area (Å²) in [5, 5.41) is 7.62. The summed E-state index contributed by atoms with van der Waals surface area (Å²) in [6.45, 7) is 0. The van der Waals surface area contributed by atoms with E-state index in [1.54, 1.807) is 0 Å². The predicted octanol–water partition coefficient (Wildman–Crippen LogP) is 3.29. The minimum atomic E-state index is -0.404. The SMILES string of the molecule is Fc1ccc(Cl)c(-c2nnc(Br)o2)c1. The van der Waals surface area contributed by atoms with Crippen LogP contribution in [0.5, 0.6) is 0 Å². The Morgan fingerprint density at radius 3 is 2.79 bits per heavy atom. The van der Waals surface area contributed by atoms with E-state index in [0.717, 1.165) is 0 Å². The van der Waals surface area contributed by atoms with E-state index in [4.69, 9.17) is 16.0 Å². The second-order valence-electron chi connectivity index (χ2n) is 2.48. The lowest BCUT2D eigenvalue weighted by Crippen LogP contribution is -1.82. The fourth-order valence-corrected chi connectivity index (χ4v) is 1.41. The Bertz CT molecular complexity index is 474. The van der Waals surface area contributed by atoms with Gasteiger partial charge in [0.1, 0.15) is 5.82 Å². The molecule has 0 saturated carbocycles. The van der Waals surface area contributed by atoms with Gasteiger partial charge in [-0.25, -0.2) is 4.39 Å². The molecule has 1 heterocycles. The fourth-order valence-electron chi connectivity index (χ4n) is 0.976. The second-order valence-corrected chi connectivity index (χ2v) is 3.57. The molecular formula is C8H3BrClFN2O. The molecule has 0 fully saturated rings. The van der Waals surface area contributed by atoms with Gasteiger partial charge in [-0.15, -0.1) is 10.2 Å². The zero-order valence-corrected chi connectivity index (χ0v) is 9.01. The highest BCUT2D eigenvalue weighted by Crippen LogP contribution is 2.28. The van der Waals surface area contributed by atoms with Crippen LogP contribution in [0.3, 0.4) is 0 Å². The van der Waals surface area contributed by atoms with Gasteiger partial charge in [0.25, 0.3) is 4.80 Å². The van der Waals surface area contributed by atoms with Crippen LogP contribution in [-0.4, -0.2) is 10.2 Å². The average molecular weight is 277 g/mol. The van der Waals surface area contributed by atoms with Gasteiger partial charge in [0.05, 0.1) is 10.6 Å². The molecule has 6 heteroatoms. The summed E-state index contributed by atoms with van der Waals surface area (Å²) in [7, 11) is 0. The molecule has 1 aromatic carbocycles. The van der Waals surface area contributed by atoms with Crippen molar-refractivity contribution in [1.29, 1.82) is 0 Å². The van der Waals surface area contributed by atoms with E-state index < -0.39 is 5.82 Å². The van der Waals surface area contributed by atoms with Crippen molar-refractivity contribution >= 4 is 27.5 Å². The first-order valence-electron chi connectivity index (χ1n) is 3.61. The number of benzene rings is 1. The van der Waals surface area contributed by atoms with Crippen molar-refractivity contribution < 1.29 is 8.81 Å². The molecule has 0 unspecified atom stereocenters. The topological polar surface area (TPSA) is 38.9 Å². The van der Waals surface area contributed by atoms with Gasteiger partial charge in [-0.05, 0) is 18.2 Å². The van der Waals surface area contributed by atoms with E-state index >= 15 is 0 Å². The molecule has 0 bridgehead atoms. The van der Waals surface area contributed by atoms with Crippen LogP contribution in [-0.2, 0) is 0 Å². The Morgan fingerprint density at radius 1 is 1.36 bits per heavy atom. The zero-order chi connectivity index (χ0) is 10.1. The molecule has 2 aromatic rings. The number of nitrogens with zero attached hydrogens (tertiary/aromatic N) is 2. The molecule has 0 N–H and O–H groups in total. The number of hydrogen-bond acceptors (Lipinski definition) is 3. The predicted molar refractivity (Wildman–Crippen MR) is 52.4 cm³/mol. The first kappa shape index (κ1) is 9.61. The molecule has 1 aromatic heterocycles. The molecular weight excluding hydrogens is 274 g/mol. The first-order valence-corrected chi connectivity index (χ1v) is 4.78. The summed E-state index contributed by atoms with van der Waals surface area (Å²) >= 11 is 8.83. The van der Waals surface area contributed by atoms with E-state index in [1.165, 1.54) is 18.2 Å². The number of aromatic nitrogens is 2. The molecule has 0 saturated heterocycles. The Labute approximate surface area is 92.0 Å². The van der Waals surface area contributed by atoms with E-state index in [1.807, 2.05) is 0 Å². The van der Waals surface area contributed by atoms with Crippen molar-refractivity contribution in [1.82, 2.24) is 10.2 Å². The van der Waals surface area contributed by atoms with Crippen molar-refractivity contribution in [2.75, 3.05) is 0 Å². The number of rotatable bonds is 1. The fraction of sp³-hybridized carbons (Fsp3) is 0. The third-order valence-electron chi connectivity index (χ3n) is 1.56. The van der Waals surface area contributed by atoms with Crippen LogP contribution in [0.2, 0.25) is 5.02 Å². The Balaban J connectivity index is 2.55. The van der Waals surface area contributed by atoms with Gasteiger partial charge in [0.15, 0.2) is 0 Å². The Hall–Kier alpha value is -0.940. The summed E-state index contributed by atoms with van der Waals surface area (Å²) in [6, 6.07) is 3.93. The summed E-state index contributed by atoms with van der Waals surface area (Å²) in [6.07, 6.45) is 0. The van der Waals surface area contributed by atoms with E-state index in [9.17, 15) is 4.39 Å².